The Balaban J connectivity index is 1.89. The van der Waals surface area contributed by atoms with Crippen LogP contribution in [0.4, 0.5) is 0 Å². The van der Waals surface area contributed by atoms with E-state index < -0.39 is 11.8 Å². The lowest BCUT2D eigenvalue weighted by Gasteiger charge is -2.11. The highest BCUT2D eigenvalue weighted by Crippen LogP contribution is 2.28. The highest BCUT2D eigenvalue weighted by atomic mass is 16.5. The van der Waals surface area contributed by atoms with E-state index in [1.54, 1.807) is 30.3 Å². The molecule has 2 rings (SSSR count). The molecule has 0 atom stereocenters. The lowest BCUT2D eigenvalue weighted by Crippen LogP contribution is -2.37. The number of furan rings is 1. The number of hydrogen-bond donors (Lipinski definition) is 2. The maximum atomic E-state index is 11.7. The molecule has 8 heteroatoms. The van der Waals surface area contributed by atoms with Gasteiger partial charge < -0.3 is 19.2 Å². The average molecular weight is 373 g/mol. The van der Waals surface area contributed by atoms with Crippen LogP contribution >= 0.6 is 0 Å². The van der Waals surface area contributed by atoms with Crippen molar-refractivity contribution in [3.05, 3.63) is 47.9 Å². The Hall–Kier alpha value is -3.29. The van der Waals surface area contributed by atoms with Gasteiger partial charge in [0, 0.05) is 0 Å². The van der Waals surface area contributed by atoms with Crippen LogP contribution in [0.2, 0.25) is 0 Å². The molecule has 0 aliphatic heterocycles. The van der Waals surface area contributed by atoms with E-state index in [0.717, 1.165) is 6.42 Å². The van der Waals surface area contributed by atoms with Gasteiger partial charge in [0.05, 0.1) is 32.2 Å². The summed E-state index contributed by atoms with van der Waals surface area (Å²) in [5.74, 6) is 0.121. The van der Waals surface area contributed by atoms with E-state index in [2.05, 4.69) is 15.8 Å². The third-order valence-corrected chi connectivity index (χ3v) is 3.32. The van der Waals surface area contributed by atoms with Crippen LogP contribution in [0.5, 0.6) is 11.5 Å². The zero-order valence-corrected chi connectivity index (χ0v) is 15.4. The van der Waals surface area contributed by atoms with Gasteiger partial charge in [0.2, 0.25) is 0 Å². The van der Waals surface area contributed by atoms with E-state index in [9.17, 15) is 9.59 Å². The molecular weight excluding hydrogens is 350 g/mol. The summed E-state index contributed by atoms with van der Waals surface area (Å²) >= 11 is 0. The molecule has 0 aliphatic carbocycles. The Morgan fingerprint density at radius 2 is 2.00 bits per heavy atom. The van der Waals surface area contributed by atoms with E-state index in [1.165, 1.54) is 12.5 Å². The smallest absolute Gasteiger partial charge is 0.329 e. The molecule has 1 heterocycles. The van der Waals surface area contributed by atoms with Crippen molar-refractivity contribution in [2.24, 2.45) is 5.10 Å². The molecule has 0 radical (unpaired) electrons. The molecule has 0 bridgehead atoms. The lowest BCUT2D eigenvalue weighted by molar-refractivity contribution is -0.139. The highest BCUT2D eigenvalue weighted by molar-refractivity contribution is 6.35. The van der Waals surface area contributed by atoms with Gasteiger partial charge in [0.25, 0.3) is 0 Å². The molecule has 0 aliphatic rings. The number of hydrazone groups is 1. The van der Waals surface area contributed by atoms with E-state index in [1.807, 2.05) is 13.8 Å². The van der Waals surface area contributed by atoms with Gasteiger partial charge in [-0.25, -0.2) is 5.43 Å². The first kappa shape index (κ1) is 20.0. The zero-order valence-electron chi connectivity index (χ0n) is 15.4. The molecule has 2 amide bonds. The monoisotopic (exact) mass is 373 g/mol. The summed E-state index contributed by atoms with van der Waals surface area (Å²) < 4.78 is 16.3. The van der Waals surface area contributed by atoms with Crippen molar-refractivity contribution in [1.82, 2.24) is 10.7 Å². The van der Waals surface area contributed by atoms with Crippen LogP contribution in [-0.2, 0) is 16.1 Å². The average Bonchev–Trinajstić information content (AvgIpc) is 3.19. The van der Waals surface area contributed by atoms with E-state index in [-0.39, 0.29) is 6.54 Å². The second-order valence-electron chi connectivity index (χ2n) is 5.45. The van der Waals surface area contributed by atoms with Crippen molar-refractivity contribution in [1.29, 1.82) is 0 Å². The van der Waals surface area contributed by atoms with Crippen LogP contribution in [0.1, 0.15) is 31.6 Å². The number of carbonyl (C=O) groups excluding carboxylic acids is 2. The summed E-state index contributed by atoms with van der Waals surface area (Å²) in [5.41, 5.74) is 2.87. The molecule has 2 aromatic rings. The Labute approximate surface area is 157 Å². The Kier molecular flexibility index (Phi) is 7.90. The molecule has 0 unspecified atom stereocenters. The predicted octanol–water partition coefficient (Wildman–Crippen LogP) is 2.23. The number of carbonyl (C=O) groups is 2. The molecule has 8 nitrogen and oxygen atoms in total. The molecule has 0 spiro atoms. The highest BCUT2D eigenvalue weighted by Gasteiger charge is 2.12. The SMILES string of the molecule is CCCOc1ccc(/C=N/NC(=O)C(=O)NCc2ccco2)cc1OCC. The Bertz CT molecular complexity index is 772. The molecule has 1 aromatic carbocycles. The topological polar surface area (TPSA) is 102 Å². The van der Waals surface area contributed by atoms with Crippen molar-refractivity contribution in [3.63, 3.8) is 0 Å². The first-order valence-corrected chi connectivity index (χ1v) is 8.67. The molecule has 0 fully saturated rings. The zero-order chi connectivity index (χ0) is 19.5. The second-order valence-corrected chi connectivity index (χ2v) is 5.45. The number of hydrogen-bond acceptors (Lipinski definition) is 6. The number of nitrogens with one attached hydrogen (secondary N) is 2. The van der Waals surface area contributed by atoms with Crippen LogP contribution in [0.15, 0.2) is 46.1 Å². The molecule has 2 N–H and O–H groups in total. The third kappa shape index (κ3) is 6.50. The van der Waals surface area contributed by atoms with Crippen molar-refractivity contribution < 1.29 is 23.5 Å². The maximum Gasteiger partial charge on any atom is 0.329 e. The summed E-state index contributed by atoms with van der Waals surface area (Å²) in [4.78, 5) is 23.4. The minimum Gasteiger partial charge on any atom is -0.490 e. The molecule has 144 valence electrons. The van der Waals surface area contributed by atoms with Crippen molar-refractivity contribution >= 4 is 18.0 Å². The Morgan fingerprint density at radius 1 is 1.15 bits per heavy atom. The van der Waals surface area contributed by atoms with Gasteiger partial charge in [-0.2, -0.15) is 5.10 Å². The first-order valence-electron chi connectivity index (χ1n) is 8.67. The number of benzene rings is 1. The summed E-state index contributed by atoms with van der Waals surface area (Å²) in [5, 5.41) is 6.23. The Morgan fingerprint density at radius 3 is 2.70 bits per heavy atom. The number of rotatable bonds is 9. The quantitative estimate of drug-likeness (QED) is 0.399. The summed E-state index contributed by atoms with van der Waals surface area (Å²) in [6, 6.07) is 8.70. The second kappa shape index (κ2) is 10.6. The molecule has 1 aromatic heterocycles. The van der Waals surface area contributed by atoms with E-state index >= 15 is 0 Å². The fourth-order valence-electron chi connectivity index (χ4n) is 2.08. The number of amides is 2. The minimum atomic E-state index is -0.870. The van der Waals surface area contributed by atoms with Crippen LogP contribution in [0, 0.1) is 0 Å². The summed E-state index contributed by atoms with van der Waals surface area (Å²) in [7, 11) is 0. The van der Waals surface area contributed by atoms with Gasteiger partial charge >= 0.3 is 11.8 Å². The summed E-state index contributed by atoms with van der Waals surface area (Å²) in [6.07, 6.45) is 3.80. The first-order chi connectivity index (χ1) is 13.1. The van der Waals surface area contributed by atoms with E-state index in [0.29, 0.717) is 36.0 Å². The fraction of sp³-hybridized carbons (Fsp3) is 0.316. The van der Waals surface area contributed by atoms with Gasteiger partial charge in [-0.05, 0) is 49.2 Å². The molecule has 27 heavy (non-hydrogen) atoms. The predicted molar refractivity (Wildman–Crippen MR) is 99.7 cm³/mol. The normalized spacial score (nSPS) is 10.6. The fourth-order valence-corrected chi connectivity index (χ4v) is 2.08. The lowest BCUT2D eigenvalue weighted by atomic mass is 10.2. The third-order valence-electron chi connectivity index (χ3n) is 3.32. The van der Waals surface area contributed by atoms with Crippen molar-refractivity contribution in [3.8, 4) is 11.5 Å². The number of ether oxygens (including phenoxy) is 2. The molecular formula is C19H23N3O5. The van der Waals surface area contributed by atoms with Gasteiger partial charge in [-0.1, -0.05) is 6.92 Å². The maximum absolute atomic E-state index is 11.7. The van der Waals surface area contributed by atoms with E-state index in [4.69, 9.17) is 13.9 Å². The van der Waals surface area contributed by atoms with Crippen LogP contribution in [-0.4, -0.2) is 31.2 Å². The van der Waals surface area contributed by atoms with Crippen LogP contribution in [0.25, 0.3) is 0 Å². The largest absolute Gasteiger partial charge is 0.490 e. The van der Waals surface area contributed by atoms with Gasteiger partial charge in [-0.15, -0.1) is 0 Å². The van der Waals surface area contributed by atoms with Crippen LogP contribution in [0.3, 0.4) is 0 Å². The van der Waals surface area contributed by atoms with Crippen LogP contribution < -0.4 is 20.2 Å². The van der Waals surface area contributed by atoms with Crippen molar-refractivity contribution in [2.45, 2.75) is 26.8 Å². The molecule has 0 saturated heterocycles. The number of nitrogens with zero attached hydrogens (tertiary/aromatic N) is 1. The van der Waals surface area contributed by atoms with Crippen molar-refractivity contribution in [2.75, 3.05) is 13.2 Å². The summed E-state index contributed by atoms with van der Waals surface area (Å²) in [6.45, 7) is 5.12. The molecule has 0 saturated carbocycles. The standard InChI is InChI=1S/C19H23N3O5/c1-3-9-27-16-8-7-14(11-17(16)25-4-2)12-21-22-19(24)18(23)20-13-15-6-5-10-26-15/h5-8,10-12H,3-4,9,13H2,1-2H3,(H,20,23)(H,22,24)/b21-12+. The van der Waals surface area contributed by atoms with Gasteiger partial charge in [0.15, 0.2) is 11.5 Å². The van der Waals surface area contributed by atoms with Gasteiger partial charge in [-0.3, -0.25) is 9.59 Å². The van der Waals surface area contributed by atoms with Gasteiger partial charge in [0.1, 0.15) is 5.76 Å². The minimum absolute atomic E-state index is 0.125.